The summed E-state index contributed by atoms with van der Waals surface area (Å²) in [6.45, 7) is 6.60. The zero-order chi connectivity index (χ0) is 12.1. The van der Waals surface area contributed by atoms with Gasteiger partial charge < -0.3 is 10.1 Å². The van der Waals surface area contributed by atoms with E-state index in [1.54, 1.807) is 7.11 Å². The van der Waals surface area contributed by atoms with Crippen LogP contribution in [0, 0.1) is 6.92 Å². The fourth-order valence-electron chi connectivity index (χ4n) is 1.19. The smallest absolute Gasteiger partial charge is 0.137 e. The Balaban J connectivity index is 2.82. The number of aromatic nitrogens is 2. The van der Waals surface area contributed by atoms with Crippen LogP contribution in [0.4, 0.5) is 5.82 Å². The fraction of sp³-hybridized carbons (Fsp3) is 0.636. The third-order valence-corrected chi connectivity index (χ3v) is 2.78. The predicted octanol–water partition coefficient (Wildman–Crippen LogP) is 2.45. The summed E-state index contributed by atoms with van der Waals surface area (Å²) in [5.41, 5.74) is 0.877. The average molecular weight is 244 g/mol. The van der Waals surface area contributed by atoms with Crippen LogP contribution in [-0.4, -0.2) is 29.7 Å². The van der Waals surface area contributed by atoms with E-state index in [4.69, 9.17) is 16.3 Å². The van der Waals surface area contributed by atoms with Crippen molar-refractivity contribution >= 4 is 17.4 Å². The lowest BCUT2D eigenvalue weighted by Gasteiger charge is -2.14. The average Bonchev–Trinajstić information content (AvgIpc) is 2.30. The number of nitrogens with one attached hydrogen (secondary N) is 1. The van der Waals surface area contributed by atoms with E-state index in [9.17, 15) is 0 Å². The first-order chi connectivity index (χ1) is 7.58. The van der Waals surface area contributed by atoms with Crippen LogP contribution < -0.4 is 5.32 Å². The predicted molar refractivity (Wildman–Crippen MR) is 66.1 cm³/mol. The normalized spacial score (nSPS) is 12.6. The second kappa shape index (κ2) is 6.01. The first-order valence-corrected chi connectivity index (χ1v) is 5.76. The number of methoxy groups -OCH3 is 1. The molecule has 1 heterocycles. The van der Waals surface area contributed by atoms with Gasteiger partial charge in [0.1, 0.15) is 16.8 Å². The topological polar surface area (TPSA) is 47.0 Å². The number of hydrogen-bond acceptors (Lipinski definition) is 4. The summed E-state index contributed by atoms with van der Waals surface area (Å²) in [6, 6.07) is 0. The molecule has 1 N–H and O–H groups in total. The Morgan fingerprint density at radius 3 is 2.69 bits per heavy atom. The second-order valence-electron chi connectivity index (χ2n) is 3.69. The van der Waals surface area contributed by atoms with Crippen LogP contribution >= 0.6 is 11.6 Å². The molecule has 0 aliphatic carbocycles. The van der Waals surface area contributed by atoms with Crippen molar-refractivity contribution in [3.63, 3.8) is 0 Å². The highest BCUT2D eigenvalue weighted by Crippen LogP contribution is 2.19. The molecule has 0 aromatic carbocycles. The molecule has 0 amide bonds. The molecular formula is C11H18ClN3O. The number of hydrogen-bond donors (Lipinski definition) is 1. The van der Waals surface area contributed by atoms with Crippen LogP contribution in [0.25, 0.3) is 0 Å². The molecule has 90 valence electrons. The quantitative estimate of drug-likeness (QED) is 0.807. The molecule has 1 aromatic rings. The van der Waals surface area contributed by atoms with E-state index in [-0.39, 0.29) is 6.10 Å². The van der Waals surface area contributed by atoms with Crippen molar-refractivity contribution in [2.45, 2.75) is 33.3 Å². The molecular weight excluding hydrogens is 226 g/mol. The highest BCUT2D eigenvalue weighted by molar-refractivity contribution is 6.30. The van der Waals surface area contributed by atoms with Gasteiger partial charge in [0, 0.05) is 25.6 Å². The van der Waals surface area contributed by atoms with Crippen molar-refractivity contribution in [2.24, 2.45) is 0 Å². The Morgan fingerprint density at radius 1 is 1.44 bits per heavy atom. The lowest BCUT2D eigenvalue weighted by Crippen LogP contribution is -2.19. The lowest BCUT2D eigenvalue weighted by molar-refractivity contribution is 0.128. The van der Waals surface area contributed by atoms with Crippen molar-refractivity contribution in [1.82, 2.24) is 9.97 Å². The number of halogens is 1. The van der Waals surface area contributed by atoms with Crippen molar-refractivity contribution in [2.75, 3.05) is 19.0 Å². The molecule has 0 aliphatic heterocycles. The molecule has 0 bridgehead atoms. The van der Waals surface area contributed by atoms with Crippen molar-refractivity contribution in [3.8, 4) is 0 Å². The van der Waals surface area contributed by atoms with Crippen molar-refractivity contribution < 1.29 is 4.74 Å². The minimum atomic E-state index is 0.137. The summed E-state index contributed by atoms with van der Waals surface area (Å²) in [7, 11) is 1.68. The molecule has 1 unspecified atom stereocenters. The summed E-state index contributed by atoms with van der Waals surface area (Å²) in [5, 5.41) is 3.73. The van der Waals surface area contributed by atoms with Crippen molar-refractivity contribution in [3.05, 3.63) is 16.5 Å². The maximum atomic E-state index is 6.02. The molecule has 0 saturated carbocycles. The lowest BCUT2D eigenvalue weighted by atomic mass is 10.3. The van der Waals surface area contributed by atoms with E-state index in [0.29, 0.717) is 11.7 Å². The summed E-state index contributed by atoms with van der Waals surface area (Å²) < 4.78 is 5.16. The summed E-state index contributed by atoms with van der Waals surface area (Å²) in [4.78, 5) is 8.58. The number of ether oxygens (including phenoxy) is 1. The van der Waals surface area contributed by atoms with Gasteiger partial charge >= 0.3 is 0 Å². The molecule has 0 aliphatic rings. The Morgan fingerprint density at radius 2 is 2.12 bits per heavy atom. The van der Waals surface area contributed by atoms with Gasteiger partial charge in [-0.3, -0.25) is 0 Å². The summed E-state index contributed by atoms with van der Waals surface area (Å²) in [5.74, 6) is 1.55. The van der Waals surface area contributed by atoms with Crippen LogP contribution in [0.15, 0.2) is 0 Å². The molecule has 5 heteroatoms. The highest BCUT2D eigenvalue weighted by atomic mass is 35.5. The highest BCUT2D eigenvalue weighted by Gasteiger charge is 2.09. The van der Waals surface area contributed by atoms with Crippen LogP contribution in [0.2, 0.25) is 5.15 Å². The maximum absolute atomic E-state index is 6.02. The SMILES string of the molecule is CCc1nc(Cl)c(C)c(NCC(C)OC)n1. The molecule has 1 rings (SSSR count). The molecule has 1 aromatic heterocycles. The standard InChI is InChI=1S/C11H18ClN3O/c1-5-9-14-10(12)8(3)11(15-9)13-6-7(2)16-4/h7H,5-6H2,1-4H3,(H,13,14,15). The van der Waals surface area contributed by atoms with Gasteiger partial charge in [0.25, 0.3) is 0 Å². The first-order valence-electron chi connectivity index (χ1n) is 5.38. The van der Waals surface area contributed by atoms with E-state index in [1.165, 1.54) is 0 Å². The Labute approximate surface area is 101 Å². The first kappa shape index (κ1) is 13.2. The van der Waals surface area contributed by atoms with Gasteiger partial charge in [-0.2, -0.15) is 0 Å². The number of anilines is 1. The zero-order valence-corrected chi connectivity index (χ0v) is 10.9. The Hall–Kier alpha value is -0.870. The monoisotopic (exact) mass is 243 g/mol. The van der Waals surface area contributed by atoms with Crippen molar-refractivity contribution in [1.29, 1.82) is 0 Å². The molecule has 1 atom stereocenters. The molecule has 16 heavy (non-hydrogen) atoms. The largest absolute Gasteiger partial charge is 0.380 e. The van der Waals surface area contributed by atoms with Gasteiger partial charge in [0.15, 0.2) is 0 Å². The van der Waals surface area contributed by atoms with Gasteiger partial charge in [-0.05, 0) is 13.8 Å². The molecule has 0 radical (unpaired) electrons. The minimum absolute atomic E-state index is 0.137. The van der Waals surface area contributed by atoms with E-state index < -0.39 is 0 Å². The van der Waals surface area contributed by atoms with E-state index in [0.717, 1.165) is 23.6 Å². The molecule has 4 nitrogen and oxygen atoms in total. The fourth-order valence-corrected chi connectivity index (χ4v) is 1.37. The summed E-state index contributed by atoms with van der Waals surface area (Å²) in [6.07, 6.45) is 0.910. The van der Waals surface area contributed by atoms with Crippen LogP contribution in [0.1, 0.15) is 25.2 Å². The summed E-state index contributed by atoms with van der Waals surface area (Å²) >= 11 is 6.02. The van der Waals surface area contributed by atoms with Gasteiger partial charge in [0.05, 0.1) is 6.10 Å². The van der Waals surface area contributed by atoms with E-state index in [2.05, 4.69) is 15.3 Å². The van der Waals surface area contributed by atoms with Gasteiger partial charge in [0.2, 0.25) is 0 Å². The van der Waals surface area contributed by atoms with Crippen LogP contribution in [-0.2, 0) is 11.2 Å². The zero-order valence-electron chi connectivity index (χ0n) is 10.2. The number of nitrogens with zero attached hydrogens (tertiary/aromatic N) is 2. The number of aryl methyl sites for hydroxylation is 1. The second-order valence-corrected chi connectivity index (χ2v) is 4.04. The number of rotatable bonds is 5. The van der Waals surface area contributed by atoms with Crippen LogP contribution in [0.3, 0.4) is 0 Å². The molecule has 0 spiro atoms. The molecule has 0 fully saturated rings. The third kappa shape index (κ3) is 3.32. The van der Waals surface area contributed by atoms with Gasteiger partial charge in [-0.1, -0.05) is 18.5 Å². The minimum Gasteiger partial charge on any atom is -0.380 e. The Bertz CT molecular complexity index is 357. The third-order valence-electron chi connectivity index (χ3n) is 2.41. The van der Waals surface area contributed by atoms with Crippen LogP contribution in [0.5, 0.6) is 0 Å². The van der Waals surface area contributed by atoms with Gasteiger partial charge in [-0.15, -0.1) is 0 Å². The van der Waals surface area contributed by atoms with Gasteiger partial charge in [-0.25, -0.2) is 9.97 Å². The van der Waals surface area contributed by atoms with E-state index in [1.807, 2.05) is 20.8 Å². The Kier molecular flexibility index (Phi) is 4.96. The maximum Gasteiger partial charge on any atom is 0.137 e. The van der Waals surface area contributed by atoms with E-state index >= 15 is 0 Å². The molecule has 0 saturated heterocycles.